The Morgan fingerprint density at radius 3 is 2.30 bits per heavy atom. The van der Waals surface area contributed by atoms with Gasteiger partial charge in [0, 0.05) is 18.5 Å². The molecule has 118 valence electrons. The van der Waals surface area contributed by atoms with Crippen LogP contribution < -0.4 is 0 Å². The highest BCUT2D eigenvalue weighted by Gasteiger charge is 2.43. The van der Waals surface area contributed by atoms with E-state index in [4.69, 9.17) is 0 Å². The highest BCUT2D eigenvalue weighted by molar-refractivity contribution is 6.01. The lowest BCUT2D eigenvalue weighted by molar-refractivity contribution is -0.142. The summed E-state index contributed by atoms with van der Waals surface area (Å²) in [5.41, 5.74) is 4.40. The van der Waals surface area contributed by atoms with Crippen molar-refractivity contribution >= 4 is 11.9 Å². The van der Waals surface area contributed by atoms with Gasteiger partial charge in [0.25, 0.3) is 5.91 Å². The molecule has 0 spiro atoms. The van der Waals surface area contributed by atoms with Gasteiger partial charge in [0.2, 0.25) is 0 Å². The minimum atomic E-state index is -0.987. The molecule has 1 heterocycles. The second kappa shape index (κ2) is 5.54. The Morgan fingerprint density at radius 1 is 1.09 bits per heavy atom. The van der Waals surface area contributed by atoms with Crippen molar-refractivity contribution in [3.8, 4) is 0 Å². The van der Waals surface area contributed by atoms with Crippen molar-refractivity contribution < 1.29 is 14.7 Å². The van der Waals surface area contributed by atoms with Gasteiger partial charge < -0.3 is 10.0 Å². The number of aryl methyl sites for hydroxylation is 2. The van der Waals surface area contributed by atoms with Crippen molar-refractivity contribution in [3.05, 3.63) is 70.3 Å². The molecule has 0 saturated heterocycles. The molecule has 0 radical (unpaired) electrons. The number of carboxylic acids is 1. The van der Waals surface area contributed by atoms with E-state index < -0.39 is 12.0 Å². The van der Waals surface area contributed by atoms with Crippen LogP contribution in [0.3, 0.4) is 0 Å². The largest absolute Gasteiger partial charge is 0.480 e. The van der Waals surface area contributed by atoms with E-state index in [2.05, 4.69) is 0 Å². The van der Waals surface area contributed by atoms with Crippen molar-refractivity contribution in [2.75, 3.05) is 7.05 Å². The van der Waals surface area contributed by atoms with Crippen molar-refractivity contribution in [2.45, 2.75) is 25.8 Å². The van der Waals surface area contributed by atoms with Crippen LogP contribution in [-0.2, 0) is 4.79 Å². The van der Waals surface area contributed by atoms with Crippen LogP contribution in [0.25, 0.3) is 0 Å². The number of hydrogen-bond donors (Lipinski definition) is 1. The lowest BCUT2D eigenvalue weighted by atomic mass is 9.77. The predicted molar refractivity (Wildman–Crippen MR) is 87.7 cm³/mol. The Hall–Kier alpha value is -2.62. The molecule has 2 unspecified atom stereocenters. The fourth-order valence-electron chi connectivity index (χ4n) is 3.32. The smallest absolute Gasteiger partial charge is 0.327 e. The van der Waals surface area contributed by atoms with Gasteiger partial charge in [-0.3, -0.25) is 4.79 Å². The molecule has 0 aromatic heterocycles. The maximum atomic E-state index is 12.6. The van der Waals surface area contributed by atoms with Crippen LogP contribution >= 0.6 is 0 Å². The average molecular weight is 309 g/mol. The maximum Gasteiger partial charge on any atom is 0.327 e. The molecule has 1 amide bonds. The summed E-state index contributed by atoms with van der Waals surface area (Å²) in [5.74, 6) is -1.59. The minimum Gasteiger partial charge on any atom is -0.480 e. The van der Waals surface area contributed by atoms with E-state index in [-0.39, 0.29) is 11.8 Å². The van der Waals surface area contributed by atoms with Gasteiger partial charge in [-0.25, -0.2) is 4.79 Å². The van der Waals surface area contributed by atoms with Crippen LogP contribution in [0.5, 0.6) is 0 Å². The first kappa shape index (κ1) is 15.3. The third kappa shape index (κ3) is 2.40. The van der Waals surface area contributed by atoms with Crippen molar-refractivity contribution in [3.63, 3.8) is 0 Å². The van der Waals surface area contributed by atoms with E-state index in [1.165, 1.54) is 4.90 Å². The van der Waals surface area contributed by atoms with Gasteiger partial charge in [-0.15, -0.1) is 0 Å². The molecule has 3 rings (SSSR count). The van der Waals surface area contributed by atoms with Gasteiger partial charge >= 0.3 is 5.97 Å². The number of carbonyl (C=O) groups excluding carboxylic acids is 1. The molecule has 1 N–H and O–H groups in total. The number of nitrogens with zero attached hydrogens (tertiary/aromatic N) is 1. The number of aliphatic carboxylic acids is 1. The molecule has 0 aliphatic carbocycles. The number of amides is 1. The van der Waals surface area contributed by atoms with Gasteiger partial charge in [0.15, 0.2) is 0 Å². The first-order valence-corrected chi connectivity index (χ1v) is 7.58. The molecule has 2 atom stereocenters. The second-order valence-corrected chi connectivity index (χ2v) is 6.11. The quantitative estimate of drug-likeness (QED) is 0.928. The van der Waals surface area contributed by atoms with E-state index in [1.54, 1.807) is 7.05 Å². The number of rotatable bonds is 2. The third-order valence-corrected chi connectivity index (χ3v) is 4.70. The van der Waals surface area contributed by atoms with E-state index in [0.29, 0.717) is 5.56 Å². The zero-order chi connectivity index (χ0) is 16.7. The minimum absolute atomic E-state index is 0.234. The summed E-state index contributed by atoms with van der Waals surface area (Å²) < 4.78 is 0. The van der Waals surface area contributed by atoms with Gasteiger partial charge in [-0.05, 0) is 42.2 Å². The SMILES string of the molecule is Cc1cc2c(cc1C)C(c1ccccc1)C(C(=O)O)N(C)C2=O. The number of benzene rings is 2. The van der Waals surface area contributed by atoms with Crippen molar-refractivity contribution in [2.24, 2.45) is 0 Å². The number of hydrogen-bond acceptors (Lipinski definition) is 2. The Bertz CT molecular complexity index is 783. The molecule has 23 heavy (non-hydrogen) atoms. The second-order valence-electron chi connectivity index (χ2n) is 6.11. The molecule has 2 aromatic carbocycles. The summed E-state index contributed by atoms with van der Waals surface area (Å²) in [4.78, 5) is 25.8. The molecular formula is C19H19NO3. The average Bonchev–Trinajstić information content (AvgIpc) is 2.53. The van der Waals surface area contributed by atoms with E-state index in [9.17, 15) is 14.7 Å². The van der Waals surface area contributed by atoms with Crippen LogP contribution in [0.15, 0.2) is 42.5 Å². The van der Waals surface area contributed by atoms with E-state index in [0.717, 1.165) is 22.3 Å². The van der Waals surface area contributed by atoms with Crippen LogP contribution in [0, 0.1) is 13.8 Å². The zero-order valence-corrected chi connectivity index (χ0v) is 13.4. The van der Waals surface area contributed by atoms with Crippen molar-refractivity contribution in [1.82, 2.24) is 4.90 Å². The summed E-state index contributed by atoms with van der Waals surface area (Å²) in [6.45, 7) is 3.94. The third-order valence-electron chi connectivity index (χ3n) is 4.70. The number of carbonyl (C=O) groups is 2. The lowest BCUT2D eigenvalue weighted by Gasteiger charge is -2.38. The predicted octanol–water partition coefficient (Wildman–Crippen LogP) is 2.97. The summed E-state index contributed by atoms with van der Waals surface area (Å²) in [5, 5.41) is 9.71. The number of carboxylic acid groups (broad SMARTS) is 1. The molecule has 2 aromatic rings. The Balaban J connectivity index is 2.29. The number of likely N-dealkylation sites (N-methyl/N-ethyl adjacent to an activating group) is 1. The summed E-state index contributed by atoms with van der Waals surface area (Å²) in [6.07, 6.45) is 0. The summed E-state index contributed by atoms with van der Waals surface area (Å²) in [7, 11) is 1.56. The topological polar surface area (TPSA) is 57.6 Å². The van der Waals surface area contributed by atoms with Crippen LogP contribution in [0.1, 0.15) is 38.5 Å². The fraction of sp³-hybridized carbons (Fsp3) is 0.263. The van der Waals surface area contributed by atoms with Gasteiger partial charge in [0.1, 0.15) is 6.04 Å². The number of fused-ring (bicyclic) bond motifs is 1. The zero-order valence-electron chi connectivity index (χ0n) is 13.4. The monoisotopic (exact) mass is 309 g/mol. The van der Waals surface area contributed by atoms with Crippen LogP contribution in [0.4, 0.5) is 0 Å². The summed E-state index contributed by atoms with van der Waals surface area (Å²) in [6, 6.07) is 12.5. The normalized spacial score (nSPS) is 20.3. The van der Waals surface area contributed by atoms with Gasteiger partial charge in [-0.1, -0.05) is 36.4 Å². The van der Waals surface area contributed by atoms with Crippen LogP contribution in [0.2, 0.25) is 0 Å². The molecule has 1 aliphatic heterocycles. The highest BCUT2D eigenvalue weighted by Crippen LogP contribution is 2.38. The summed E-state index contributed by atoms with van der Waals surface area (Å²) >= 11 is 0. The standard InChI is InChI=1S/C19H19NO3/c1-11-9-14-15(10-12(11)2)18(21)20(3)17(19(22)23)16(14)13-7-5-4-6-8-13/h4-10,16-17H,1-3H3,(H,22,23). The maximum absolute atomic E-state index is 12.6. The molecular weight excluding hydrogens is 290 g/mol. The Labute approximate surface area is 135 Å². The molecule has 4 nitrogen and oxygen atoms in total. The van der Waals surface area contributed by atoms with Crippen LogP contribution in [-0.4, -0.2) is 35.0 Å². The lowest BCUT2D eigenvalue weighted by Crippen LogP contribution is -2.50. The Morgan fingerprint density at radius 2 is 1.70 bits per heavy atom. The fourth-order valence-corrected chi connectivity index (χ4v) is 3.32. The molecule has 0 bridgehead atoms. The molecule has 0 saturated carbocycles. The van der Waals surface area contributed by atoms with Gasteiger partial charge in [-0.2, -0.15) is 0 Å². The Kier molecular flexibility index (Phi) is 3.68. The first-order chi connectivity index (χ1) is 10.9. The first-order valence-electron chi connectivity index (χ1n) is 7.58. The van der Waals surface area contributed by atoms with E-state index >= 15 is 0 Å². The molecule has 4 heteroatoms. The molecule has 0 fully saturated rings. The van der Waals surface area contributed by atoms with Crippen molar-refractivity contribution in [1.29, 1.82) is 0 Å². The highest BCUT2D eigenvalue weighted by atomic mass is 16.4. The van der Waals surface area contributed by atoms with Gasteiger partial charge in [0.05, 0.1) is 0 Å². The molecule has 1 aliphatic rings. The van der Waals surface area contributed by atoms with E-state index in [1.807, 2.05) is 56.3 Å².